The van der Waals surface area contributed by atoms with E-state index in [1.54, 1.807) is 11.4 Å². The molecule has 0 amide bonds. The zero-order chi connectivity index (χ0) is 13.8. The van der Waals surface area contributed by atoms with E-state index < -0.39 is 12.2 Å². The average Bonchev–Trinajstić information content (AvgIpc) is 3.04. The average molecular weight is 304 g/mol. The van der Waals surface area contributed by atoms with E-state index in [9.17, 15) is 15.0 Å². The minimum atomic E-state index is -1.00. The van der Waals surface area contributed by atoms with Crippen LogP contribution in [0.5, 0.6) is 0 Å². The van der Waals surface area contributed by atoms with E-state index in [2.05, 4.69) is 0 Å². The predicted octanol–water partition coefficient (Wildman–Crippen LogP) is 1.47. The van der Waals surface area contributed by atoms with E-state index >= 15 is 0 Å². The third-order valence-corrected chi connectivity index (χ3v) is 4.54. The maximum atomic E-state index is 10.8. The van der Waals surface area contributed by atoms with Crippen LogP contribution in [0, 0.1) is 0 Å². The second kappa shape index (κ2) is 6.83. The summed E-state index contributed by atoms with van der Waals surface area (Å²) in [5.74, 6) is 0.179. The van der Waals surface area contributed by atoms with Crippen LogP contribution in [-0.4, -0.2) is 40.4 Å². The summed E-state index contributed by atoms with van der Waals surface area (Å²) in [6, 6.07) is 1.77. The van der Waals surface area contributed by atoms with Crippen LogP contribution >= 0.6 is 23.1 Å². The highest BCUT2D eigenvalue weighted by molar-refractivity contribution is 8.13. The Hall–Kier alpha value is -0.440. The summed E-state index contributed by atoms with van der Waals surface area (Å²) in [7, 11) is 0. The first-order chi connectivity index (χ1) is 9.08. The SMILES string of the molecule is CC(=O)SCC(O)C(O)c1csc(C2OCCO2)c1. The Bertz CT molecular complexity index is 428. The van der Waals surface area contributed by atoms with E-state index in [0.29, 0.717) is 18.8 Å². The number of aliphatic hydroxyl groups excluding tert-OH is 2. The zero-order valence-electron chi connectivity index (χ0n) is 10.4. The standard InChI is InChI=1S/C12H16O5S2/c1-7(13)18-6-9(14)11(15)8-4-10(19-5-8)12-16-2-3-17-12/h4-5,9,11-12,14-15H,2-3,6H2,1H3. The van der Waals surface area contributed by atoms with Gasteiger partial charge in [-0.3, -0.25) is 4.79 Å². The van der Waals surface area contributed by atoms with Gasteiger partial charge in [0.15, 0.2) is 11.4 Å². The number of carbonyl (C=O) groups excluding carboxylic acids is 1. The van der Waals surface area contributed by atoms with E-state index in [-0.39, 0.29) is 17.2 Å². The maximum absolute atomic E-state index is 10.8. The Morgan fingerprint density at radius 3 is 2.84 bits per heavy atom. The molecule has 2 atom stereocenters. The van der Waals surface area contributed by atoms with Gasteiger partial charge in [0.2, 0.25) is 0 Å². The molecule has 1 saturated heterocycles. The highest BCUT2D eigenvalue weighted by Crippen LogP contribution is 2.32. The fourth-order valence-corrected chi connectivity index (χ4v) is 3.20. The molecule has 5 nitrogen and oxygen atoms in total. The van der Waals surface area contributed by atoms with E-state index in [4.69, 9.17) is 9.47 Å². The van der Waals surface area contributed by atoms with Crippen LogP contribution in [0.2, 0.25) is 0 Å². The first-order valence-corrected chi connectivity index (χ1v) is 7.75. The first-order valence-electron chi connectivity index (χ1n) is 5.89. The molecule has 1 aromatic heterocycles. The number of hydrogen-bond donors (Lipinski definition) is 2. The number of rotatable bonds is 5. The van der Waals surface area contributed by atoms with E-state index in [0.717, 1.165) is 16.6 Å². The van der Waals surface area contributed by atoms with Gasteiger partial charge in [0.25, 0.3) is 0 Å². The number of aliphatic hydroxyl groups is 2. The Labute approximate surface area is 119 Å². The number of hydrogen-bond acceptors (Lipinski definition) is 7. The fourth-order valence-electron chi connectivity index (χ4n) is 1.69. The topological polar surface area (TPSA) is 76.0 Å². The summed E-state index contributed by atoms with van der Waals surface area (Å²) >= 11 is 2.42. The largest absolute Gasteiger partial charge is 0.389 e. The Morgan fingerprint density at radius 1 is 1.53 bits per heavy atom. The molecule has 1 fully saturated rings. The normalized spacial score (nSPS) is 19.5. The monoisotopic (exact) mass is 304 g/mol. The highest BCUT2D eigenvalue weighted by atomic mass is 32.2. The van der Waals surface area contributed by atoms with Crippen molar-refractivity contribution in [3.63, 3.8) is 0 Å². The molecule has 0 saturated carbocycles. The van der Waals surface area contributed by atoms with Crippen LogP contribution in [0.15, 0.2) is 11.4 Å². The van der Waals surface area contributed by atoms with Crippen LogP contribution in [-0.2, 0) is 14.3 Å². The molecular weight excluding hydrogens is 288 g/mol. The van der Waals surface area contributed by atoms with Gasteiger partial charge < -0.3 is 19.7 Å². The van der Waals surface area contributed by atoms with Crippen LogP contribution in [0.4, 0.5) is 0 Å². The smallest absolute Gasteiger partial charge is 0.193 e. The number of thiophene rings is 1. The van der Waals surface area contributed by atoms with Crippen molar-refractivity contribution in [1.82, 2.24) is 0 Å². The Morgan fingerprint density at radius 2 is 2.21 bits per heavy atom. The molecule has 1 aromatic rings. The lowest BCUT2D eigenvalue weighted by molar-refractivity contribution is -0.109. The van der Waals surface area contributed by atoms with Gasteiger partial charge in [-0.25, -0.2) is 0 Å². The van der Waals surface area contributed by atoms with Gasteiger partial charge in [-0.1, -0.05) is 11.8 Å². The molecule has 0 radical (unpaired) electrons. The Balaban J connectivity index is 1.94. The van der Waals surface area contributed by atoms with Crippen molar-refractivity contribution in [1.29, 1.82) is 0 Å². The van der Waals surface area contributed by atoms with E-state index in [1.165, 1.54) is 18.3 Å². The minimum absolute atomic E-state index is 0.0787. The van der Waals surface area contributed by atoms with Crippen molar-refractivity contribution in [2.45, 2.75) is 25.4 Å². The molecule has 2 unspecified atom stereocenters. The molecule has 0 aliphatic carbocycles. The molecular formula is C12H16O5S2. The molecule has 0 aromatic carbocycles. The molecule has 1 aliphatic heterocycles. The van der Waals surface area contributed by atoms with Crippen molar-refractivity contribution in [2.75, 3.05) is 19.0 Å². The lowest BCUT2D eigenvalue weighted by atomic mass is 10.1. The highest BCUT2D eigenvalue weighted by Gasteiger charge is 2.24. The number of ether oxygens (including phenoxy) is 2. The van der Waals surface area contributed by atoms with Gasteiger partial charge in [0, 0.05) is 12.7 Å². The van der Waals surface area contributed by atoms with Crippen LogP contribution in [0.1, 0.15) is 29.8 Å². The van der Waals surface area contributed by atoms with Crippen LogP contribution < -0.4 is 0 Å². The summed E-state index contributed by atoms with van der Waals surface area (Å²) in [6.07, 6.45) is -2.34. The van der Waals surface area contributed by atoms with Crippen molar-refractivity contribution in [2.24, 2.45) is 0 Å². The van der Waals surface area contributed by atoms with Gasteiger partial charge >= 0.3 is 0 Å². The zero-order valence-corrected chi connectivity index (χ0v) is 12.1. The summed E-state index contributed by atoms with van der Waals surface area (Å²) in [6.45, 7) is 2.57. The lowest BCUT2D eigenvalue weighted by Gasteiger charge is -2.15. The molecule has 19 heavy (non-hydrogen) atoms. The second-order valence-corrected chi connectivity index (χ2v) is 6.31. The van der Waals surface area contributed by atoms with Gasteiger partial charge in [-0.15, -0.1) is 11.3 Å². The summed E-state index contributed by atoms with van der Waals surface area (Å²) < 4.78 is 10.7. The predicted molar refractivity (Wildman–Crippen MR) is 73.1 cm³/mol. The first kappa shape index (κ1) is 15.0. The maximum Gasteiger partial charge on any atom is 0.193 e. The molecule has 2 heterocycles. The molecule has 106 valence electrons. The molecule has 2 rings (SSSR count). The van der Waals surface area contributed by atoms with Crippen molar-refractivity contribution < 1.29 is 24.5 Å². The molecule has 1 aliphatic rings. The number of thioether (sulfide) groups is 1. The summed E-state index contributed by atoms with van der Waals surface area (Å²) in [5, 5.41) is 21.5. The van der Waals surface area contributed by atoms with Crippen molar-refractivity contribution >= 4 is 28.2 Å². The van der Waals surface area contributed by atoms with Gasteiger partial charge in [0.05, 0.1) is 24.2 Å². The second-order valence-electron chi connectivity index (χ2n) is 4.17. The third-order valence-electron chi connectivity index (χ3n) is 2.66. The van der Waals surface area contributed by atoms with Crippen molar-refractivity contribution in [3.05, 3.63) is 21.9 Å². The quantitative estimate of drug-likeness (QED) is 0.858. The molecule has 0 bridgehead atoms. The molecule has 2 N–H and O–H groups in total. The van der Waals surface area contributed by atoms with Gasteiger partial charge in [-0.2, -0.15) is 0 Å². The summed E-state index contributed by atoms with van der Waals surface area (Å²) in [4.78, 5) is 11.7. The van der Waals surface area contributed by atoms with Crippen molar-refractivity contribution in [3.8, 4) is 0 Å². The molecule has 0 spiro atoms. The van der Waals surface area contributed by atoms with Crippen LogP contribution in [0.3, 0.4) is 0 Å². The Kier molecular flexibility index (Phi) is 5.37. The van der Waals surface area contributed by atoms with Crippen LogP contribution in [0.25, 0.3) is 0 Å². The minimum Gasteiger partial charge on any atom is -0.389 e. The van der Waals surface area contributed by atoms with Gasteiger partial charge in [-0.05, 0) is 17.0 Å². The summed E-state index contributed by atoms with van der Waals surface area (Å²) in [5.41, 5.74) is 0.621. The third kappa shape index (κ3) is 4.01. The lowest BCUT2D eigenvalue weighted by Crippen LogP contribution is -2.21. The fraction of sp³-hybridized carbons (Fsp3) is 0.583. The molecule has 7 heteroatoms. The van der Waals surface area contributed by atoms with E-state index in [1.807, 2.05) is 0 Å². The number of carbonyl (C=O) groups is 1. The van der Waals surface area contributed by atoms with Gasteiger partial charge in [0.1, 0.15) is 6.10 Å².